The fraction of sp³-hybridized carbons (Fsp3) is 0.342. The van der Waals surface area contributed by atoms with Crippen molar-refractivity contribution in [2.24, 2.45) is 5.92 Å². The second kappa shape index (κ2) is 12.8. The number of benzene rings is 3. The molecule has 3 aromatic carbocycles. The van der Waals surface area contributed by atoms with Crippen LogP contribution in [0.2, 0.25) is 0 Å². The zero-order valence-electron chi connectivity index (χ0n) is 27.4. The first-order chi connectivity index (χ1) is 23.4. The number of aromatic nitrogens is 1. The van der Waals surface area contributed by atoms with E-state index in [-0.39, 0.29) is 34.9 Å². The summed E-state index contributed by atoms with van der Waals surface area (Å²) in [5.41, 5.74) is 3.58. The summed E-state index contributed by atoms with van der Waals surface area (Å²) in [6, 6.07) is 23.2. The summed E-state index contributed by atoms with van der Waals surface area (Å²) in [6.45, 7) is 7.61. The van der Waals surface area contributed by atoms with Crippen LogP contribution in [-0.2, 0) is 12.7 Å². The third-order valence-electron chi connectivity index (χ3n) is 10.0. The highest BCUT2D eigenvalue weighted by Crippen LogP contribution is 2.40. The summed E-state index contributed by atoms with van der Waals surface area (Å²) < 4.78 is 42.3. The van der Waals surface area contributed by atoms with Gasteiger partial charge in [0.25, 0.3) is 17.4 Å². The molecule has 1 N–H and O–H groups in total. The molecular weight excluding hydrogens is 631 g/mol. The number of anilines is 3. The Morgan fingerprint density at radius 1 is 0.837 bits per heavy atom. The van der Waals surface area contributed by atoms with Crippen LogP contribution in [0, 0.1) is 12.8 Å². The van der Waals surface area contributed by atoms with Crippen molar-refractivity contribution >= 4 is 28.9 Å². The number of nitrogens with zero attached hydrogens (tertiary/aromatic N) is 4. The van der Waals surface area contributed by atoms with Gasteiger partial charge in [0, 0.05) is 79.8 Å². The van der Waals surface area contributed by atoms with Crippen molar-refractivity contribution in [1.29, 1.82) is 0 Å². The number of halogens is 3. The second-order valence-electron chi connectivity index (χ2n) is 13.5. The summed E-state index contributed by atoms with van der Waals surface area (Å²) in [5.74, 6) is -0.612. The Hall–Kier alpha value is -5.06. The van der Waals surface area contributed by atoms with Gasteiger partial charge in [-0.25, -0.2) is 0 Å². The highest BCUT2D eigenvalue weighted by atomic mass is 19.4. The van der Waals surface area contributed by atoms with Crippen LogP contribution in [-0.4, -0.2) is 60.0 Å². The number of carbonyl (C=O) groups is 2. The second-order valence-corrected chi connectivity index (χ2v) is 13.5. The van der Waals surface area contributed by atoms with Crippen LogP contribution < -0.4 is 20.7 Å². The number of piperidine rings is 1. The molecule has 11 heteroatoms. The average Bonchev–Trinajstić information content (AvgIpc) is 3.08. The lowest BCUT2D eigenvalue weighted by Crippen LogP contribution is -2.53. The van der Waals surface area contributed by atoms with Crippen LogP contribution in [0.15, 0.2) is 89.7 Å². The highest BCUT2D eigenvalue weighted by molar-refractivity contribution is 6.07. The molecule has 0 spiro atoms. The monoisotopic (exact) mass is 669 g/mol. The standard InChI is InChI=1S/C38H38F3N5O3/c1-24-6-3-9-31(16-24)45-15-14-43(20-25(45)2)37(49)28-12-13-34(32(19-28)42-36(48)27-7-4-8-30(18-27)38(39,40)41)44-21-26-17-29(23-44)33-10-5-11-35(47)46(33)22-26/h3-13,16,18-19,25-26,29H,14-15,17,20-23H2,1-2H3,(H,42,48)/t25-,26+,29-/m0/s1. The lowest BCUT2D eigenvalue weighted by atomic mass is 9.83. The Morgan fingerprint density at radius 2 is 1.63 bits per heavy atom. The van der Waals surface area contributed by atoms with E-state index in [0.29, 0.717) is 56.2 Å². The largest absolute Gasteiger partial charge is 0.416 e. The molecule has 49 heavy (non-hydrogen) atoms. The van der Waals surface area contributed by atoms with Gasteiger partial charge in [-0.2, -0.15) is 13.2 Å². The van der Waals surface area contributed by atoms with E-state index in [0.717, 1.165) is 29.9 Å². The summed E-state index contributed by atoms with van der Waals surface area (Å²) in [5, 5.41) is 2.86. The Kier molecular flexibility index (Phi) is 8.46. The van der Waals surface area contributed by atoms with E-state index in [1.54, 1.807) is 24.3 Å². The highest BCUT2D eigenvalue weighted by Gasteiger charge is 2.36. The molecule has 2 bridgehead atoms. The normalized spacial score (nSPS) is 20.5. The summed E-state index contributed by atoms with van der Waals surface area (Å²) >= 11 is 0. The van der Waals surface area contributed by atoms with E-state index in [1.807, 2.05) is 27.7 Å². The maximum Gasteiger partial charge on any atom is 0.416 e. The molecule has 4 aromatic rings. The van der Waals surface area contributed by atoms with Gasteiger partial charge in [0.1, 0.15) is 0 Å². The molecule has 254 valence electrons. The van der Waals surface area contributed by atoms with E-state index in [2.05, 4.69) is 47.2 Å². The molecule has 2 fully saturated rings. The zero-order chi connectivity index (χ0) is 34.4. The number of fused-ring (bicyclic) bond motifs is 4. The van der Waals surface area contributed by atoms with Gasteiger partial charge < -0.3 is 24.6 Å². The first kappa shape index (κ1) is 32.5. The minimum atomic E-state index is -4.60. The molecule has 4 heterocycles. The lowest BCUT2D eigenvalue weighted by molar-refractivity contribution is -0.137. The average molecular weight is 670 g/mol. The molecule has 1 aromatic heterocycles. The number of amides is 2. The Balaban J connectivity index is 1.18. The van der Waals surface area contributed by atoms with E-state index in [9.17, 15) is 27.6 Å². The third-order valence-corrected chi connectivity index (χ3v) is 10.0. The number of rotatable bonds is 5. The molecular formula is C38H38F3N5O3. The molecule has 3 aliphatic heterocycles. The molecule has 0 aliphatic carbocycles. The summed E-state index contributed by atoms with van der Waals surface area (Å²) in [6.07, 6.45) is -3.67. The van der Waals surface area contributed by atoms with E-state index in [4.69, 9.17) is 0 Å². The number of nitrogens with one attached hydrogen (secondary N) is 1. The van der Waals surface area contributed by atoms with Gasteiger partial charge >= 0.3 is 6.18 Å². The molecule has 3 atom stereocenters. The van der Waals surface area contributed by atoms with Crippen molar-refractivity contribution in [3.63, 3.8) is 0 Å². The van der Waals surface area contributed by atoms with Gasteiger partial charge in [0.15, 0.2) is 0 Å². The number of pyridine rings is 1. The number of hydrogen-bond acceptors (Lipinski definition) is 5. The van der Waals surface area contributed by atoms with Gasteiger partial charge in [0.05, 0.1) is 16.9 Å². The Labute approximate surface area is 282 Å². The van der Waals surface area contributed by atoms with Gasteiger partial charge in [-0.1, -0.05) is 24.3 Å². The third kappa shape index (κ3) is 6.54. The molecule has 7 rings (SSSR count). The van der Waals surface area contributed by atoms with Crippen LogP contribution in [0.25, 0.3) is 0 Å². The van der Waals surface area contributed by atoms with Crippen molar-refractivity contribution in [2.75, 3.05) is 47.8 Å². The number of aryl methyl sites for hydroxylation is 1. The topological polar surface area (TPSA) is 77.9 Å². The van der Waals surface area contributed by atoms with E-state index < -0.39 is 17.6 Å². The zero-order valence-corrected chi connectivity index (χ0v) is 27.4. The van der Waals surface area contributed by atoms with E-state index in [1.165, 1.54) is 17.7 Å². The van der Waals surface area contributed by atoms with Crippen LogP contribution in [0.1, 0.15) is 56.8 Å². The maximum absolute atomic E-state index is 13.9. The van der Waals surface area contributed by atoms with Crippen LogP contribution >= 0.6 is 0 Å². The lowest BCUT2D eigenvalue weighted by Gasteiger charge is -2.44. The van der Waals surface area contributed by atoms with Crippen molar-refractivity contribution < 1.29 is 22.8 Å². The Morgan fingerprint density at radius 3 is 2.41 bits per heavy atom. The molecule has 2 saturated heterocycles. The summed E-state index contributed by atoms with van der Waals surface area (Å²) in [7, 11) is 0. The number of hydrogen-bond donors (Lipinski definition) is 1. The van der Waals surface area contributed by atoms with Crippen LogP contribution in [0.5, 0.6) is 0 Å². The predicted molar refractivity (Wildman–Crippen MR) is 183 cm³/mol. The van der Waals surface area contributed by atoms with Crippen LogP contribution in [0.4, 0.5) is 30.2 Å². The molecule has 8 nitrogen and oxygen atoms in total. The smallest absolute Gasteiger partial charge is 0.369 e. The number of carbonyl (C=O) groups excluding carboxylic acids is 2. The molecule has 0 saturated carbocycles. The van der Waals surface area contributed by atoms with Gasteiger partial charge in [-0.05, 0) is 86.3 Å². The fourth-order valence-electron chi connectivity index (χ4n) is 7.68. The van der Waals surface area contributed by atoms with Gasteiger partial charge in [-0.15, -0.1) is 0 Å². The SMILES string of the molecule is Cc1cccc(N2CCN(C(=O)c3ccc(N4C[C@H]5C[C@@H](C4)c4cccc(=O)n4C5)c(NC(=O)c4cccc(C(F)(F)F)c4)c3)C[C@@H]2C)c1. The molecule has 2 amide bonds. The van der Waals surface area contributed by atoms with Gasteiger partial charge in [0.2, 0.25) is 0 Å². The van der Waals surface area contributed by atoms with E-state index >= 15 is 0 Å². The van der Waals surface area contributed by atoms with Crippen molar-refractivity contribution in [3.8, 4) is 0 Å². The van der Waals surface area contributed by atoms with Crippen molar-refractivity contribution in [2.45, 2.75) is 44.9 Å². The van der Waals surface area contributed by atoms with Crippen LogP contribution in [0.3, 0.4) is 0 Å². The number of piperazine rings is 1. The Bertz CT molecular complexity index is 1970. The number of alkyl halides is 3. The maximum atomic E-state index is 13.9. The first-order valence-electron chi connectivity index (χ1n) is 16.6. The first-order valence-corrected chi connectivity index (χ1v) is 16.6. The predicted octanol–water partition coefficient (Wildman–Crippen LogP) is 6.40. The summed E-state index contributed by atoms with van der Waals surface area (Å²) in [4.78, 5) is 46.3. The molecule has 0 unspecified atom stereocenters. The fourth-order valence-corrected chi connectivity index (χ4v) is 7.68. The minimum Gasteiger partial charge on any atom is -0.369 e. The molecule has 0 radical (unpaired) electrons. The quantitative estimate of drug-likeness (QED) is 0.266. The van der Waals surface area contributed by atoms with Gasteiger partial charge in [-0.3, -0.25) is 14.4 Å². The van der Waals surface area contributed by atoms with Crippen molar-refractivity contribution in [3.05, 3.63) is 123 Å². The van der Waals surface area contributed by atoms with Crippen molar-refractivity contribution in [1.82, 2.24) is 9.47 Å². The minimum absolute atomic E-state index is 0.0217. The molecule has 3 aliphatic rings.